The van der Waals surface area contributed by atoms with E-state index in [4.69, 9.17) is 16.6 Å². The number of alkyl halides is 1. The van der Waals surface area contributed by atoms with E-state index in [1.54, 1.807) is 0 Å². The Balaban J connectivity index is 2.63. The van der Waals surface area contributed by atoms with Crippen LogP contribution < -0.4 is 0 Å². The number of aromatic nitrogens is 2. The number of nitrogens with zero attached hydrogens (tertiary/aromatic N) is 2. The van der Waals surface area contributed by atoms with Gasteiger partial charge in [0, 0.05) is 9.61 Å². The van der Waals surface area contributed by atoms with Gasteiger partial charge in [0.25, 0.3) is 0 Å². The van der Waals surface area contributed by atoms with Crippen LogP contribution in [0.15, 0.2) is 18.2 Å². The number of imidazole rings is 1. The molecule has 0 amide bonds. The van der Waals surface area contributed by atoms with Crippen LogP contribution in [0.2, 0.25) is 0 Å². The van der Waals surface area contributed by atoms with E-state index in [9.17, 15) is 0 Å². The third-order valence-electron chi connectivity index (χ3n) is 3.49. The summed E-state index contributed by atoms with van der Waals surface area (Å²) in [5, 5.41) is -0.0593. The number of hydrogen-bond donors (Lipinski definition) is 0. The molecule has 2 rings (SSSR count). The zero-order chi connectivity index (χ0) is 14.0. The highest BCUT2D eigenvalue weighted by Gasteiger charge is 2.20. The molecule has 1 aromatic heterocycles. The maximum atomic E-state index is 6.34. The van der Waals surface area contributed by atoms with Crippen molar-refractivity contribution in [3.05, 3.63) is 27.6 Å². The van der Waals surface area contributed by atoms with Crippen LogP contribution in [0.25, 0.3) is 11.0 Å². The standard InChI is InChI=1S/C15H20ClIN2/c1-4-6-12(5-2)19-14-8-7-11(17)9-13(14)18-15(19)10(3)16/h7-10,12H,4-6H2,1-3H3. The van der Waals surface area contributed by atoms with Crippen LogP contribution in [-0.2, 0) is 0 Å². The van der Waals surface area contributed by atoms with Crippen molar-refractivity contribution in [1.29, 1.82) is 0 Å². The average molecular weight is 391 g/mol. The molecule has 0 saturated heterocycles. The molecule has 4 heteroatoms. The molecule has 0 bridgehead atoms. The molecule has 0 radical (unpaired) electrons. The van der Waals surface area contributed by atoms with Crippen LogP contribution in [0.3, 0.4) is 0 Å². The number of benzene rings is 1. The third kappa shape index (κ3) is 3.07. The number of halogens is 2. The molecular weight excluding hydrogens is 371 g/mol. The summed E-state index contributed by atoms with van der Waals surface area (Å²) in [4.78, 5) is 4.75. The van der Waals surface area contributed by atoms with Gasteiger partial charge in [-0.25, -0.2) is 4.98 Å². The van der Waals surface area contributed by atoms with E-state index in [0.717, 1.165) is 17.8 Å². The van der Waals surface area contributed by atoms with Crippen LogP contribution in [0.5, 0.6) is 0 Å². The topological polar surface area (TPSA) is 17.8 Å². The maximum Gasteiger partial charge on any atom is 0.127 e. The molecule has 0 fully saturated rings. The van der Waals surface area contributed by atoms with Crippen LogP contribution in [0.1, 0.15) is 57.3 Å². The van der Waals surface area contributed by atoms with Gasteiger partial charge in [-0.2, -0.15) is 0 Å². The molecular formula is C15H20ClIN2. The number of rotatable bonds is 5. The van der Waals surface area contributed by atoms with E-state index in [0.29, 0.717) is 6.04 Å². The van der Waals surface area contributed by atoms with Crippen LogP contribution in [-0.4, -0.2) is 9.55 Å². The summed E-state index contributed by atoms with van der Waals surface area (Å²) in [6, 6.07) is 6.94. The van der Waals surface area contributed by atoms with Gasteiger partial charge in [-0.1, -0.05) is 20.3 Å². The van der Waals surface area contributed by atoms with Gasteiger partial charge in [0.1, 0.15) is 5.82 Å². The highest BCUT2D eigenvalue weighted by atomic mass is 127. The summed E-state index contributed by atoms with van der Waals surface area (Å²) in [5.41, 5.74) is 2.27. The molecule has 0 saturated carbocycles. The van der Waals surface area contributed by atoms with E-state index in [-0.39, 0.29) is 5.38 Å². The molecule has 19 heavy (non-hydrogen) atoms. The summed E-state index contributed by atoms with van der Waals surface area (Å²) in [6.45, 7) is 6.47. The van der Waals surface area contributed by atoms with Gasteiger partial charge in [-0.15, -0.1) is 11.6 Å². The van der Waals surface area contributed by atoms with Gasteiger partial charge < -0.3 is 4.57 Å². The molecule has 0 N–H and O–H groups in total. The number of hydrogen-bond acceptors (Lipinski definition) is 1. The zero-order valence-corrected chi connectivity index (χ0v) is 14.6. The fourth-order valence-electron chi connectivity index (χ4n) is 2.60. The SMILES string of the molecule is CCCC(CC)n1c(C(C)Cl)nc2cc(I)ccc21. The Morgan fingerprint density at radius 2 is 2.11 bits per heavy atom. The molecule has 0 aliphatic heterocycles. The van der Waals surface area contributed by atoms with Crippen molar-refractivity contribution in [1.82, 2.24) is 9.55 Å². The molecule has 0 aliphatic carbocycles. The predicted molar refractivity (Wildman–Crippen MR) is 91.0 cm³/mol. The predicted octanol–water partition coefficient (Wildman–Crippen LogP) is 5.69. The highest BCUT2D eigenvalue weighted by molar-refractivity contribution is 14.1. The summed E-state index contributed by atoms with van der Waals surface area (Å²) in [6.07, 6.45) is 3.46. The lowest BCUT2D eigenvalue weighted by Crippen LogP contribution is -2.12. The quantitative estimate of drug-likeness (QED) is 0.473. The Kier molecular flexibility index (Phi) is 5.12. The second kappa shape index (κ2) is 6.44. The minimum absolute atomic E-state index is 0.0593. The van der Waals surface area contributed by atoms with Crippen molar-refractivity contribution >= 4 is 45.2 Å². The average Bonchev–Trinajstić information content (AvgIpc) is 2.74. The van der Waals surface area contributed by atoms with Gasteiger partial charge >= 0.3 is 0 Å². The zero-order valence-electron chi connectivity index (χ0n) is 11.7. The fourth-order valence-corrected chi connectivity index (χ4v) is 3.23. The van der Waals surface area contributed by atoms with Crippen LogP contribution >= 0.6 is 34.2 Å². The Bertz CT molecular complexity index is 563. The monoisotopic (exact) mass is 390 g/mol. The van der Waals surface area contributed by atoms with Crippen LogP contribution in [0.4, 0.5) is 0 Å². The Labute approximate surface area is 133 Å². The van der Waals surface area contributed by atoms with Gasteiger partial charge in [-0.3, -0.25) is 0 Å². The Morgan fingerprint density at radius 3 is 2.68 bits per heavy atom. The molecule has 0 spiro atoms. The van der Waals surface area contributed by atoms with Gasteiger partial charge in [0.2, 0.25) is 0 Å². The lowest BCUT2D eigenvalue weighted by molar-refractivity contribution is 0.444. The summed E-state index contributed by atoms with van der Waals surface area (Å²) in [5.74, 6) is 0.999. The first kappa shape index (κ1) is 15.1. The smallest absolute Gasteiger partial charge is 0.127 e. The van der Waals surface area contributed by atoms with Crippen molar-refractivity contribution in [3.8, 4) is 0 Å². The minimum atomic E-state index is -0.0593. The maximum absolute atomic E-state index is 6.34. The van der Waals surface area contributed by atoms with E-state index < -0.39 is 0 Å². The first-order valence-corrected chi connectivity index (χ1v) is 8.41. The Morgan fingerprint density at radius 1 is 1.37 bits per heavy atom. The summed E-state index contributed by atoms with van der Waals surface area (Å²) in [7, 11) is 0. The van der Waals surface area contributed by atoms with Crippen molar-refractivity contribution in [2.75, 3.05) is 0 Å². The van der Waals surface area contributed by atoms with Crippen molar-refractivity contribution in [3.63, 3.8) is 0 Å². The first-order valence-electron chi connectivity index (χ1n) is 6.89. The van der Waals surface area contributed by atoms with Gasteiger partial charge in [0.15, 0.2) is 0 Å². The third-order valence-corrected chi connectivity index (χ3v) is 4.36. The molecule has 1 heterocycles. The molecule has 0 aliphatic rings. The van der Waals surface area contributed by atoms with E-state index in [1.807, 2.05) is 6.92 Å². The highest BCUT2D eigenvalue weighted by Crippen LogP contribution is 2.31. The van der Waals surface area contributed by atoms with E-state index in [1.165, 1.54) is 21.9 Å². The van der Waals surface area contributed by atoms with Crippen molar-refractivity contribution < 1.29 is 0 Å². The molecule has 104 valence electrons. The molecule has 2 atom stereocenters. The van der Waals surface area contributed by atoms with E-state index in [2.05, 4.69) is 59.2 Å². The number of fused-ring (bicyclic) bond motifs is 1. The molecule has 2 aromatic rings. The molecule has 1 aromatic carbocycles. The first-order chi connectivity index (χ1) is 9.08. The van der Waals surface area contributed by atoms with Gasteiger partial charge in [-0.05, 0) is 60.6 Å². The normalized spacial score (nSPS) is 14.8. The summed E-state index contributed by atoms with van der Waals surface area (Å²) < 4.78 is 3.57. The fraction of sp³-hybridized carbons (Fsp3) is 0.533. The Hall–Kier alpha value is -0.290. The second-order valence-corrected chi connectivity index (χ2v) is 6.84. The molecule has 2 unspecified atom stereocenters. The molecule has 2 nitrogen and oxygen atoms in total. The van der Waals surface area contributed by atoms with E-state index >= 15 is 0 Å². The van der Waals surface area contributed by atoms with Crippen molar-refractivity contribution in [2.45, 2.75) is 51.5 Å². The second-order valence-electron chi connectivity index (χ2n) is 4.94. The van der Waals surface area contributed by atoms with Crippen molar-refractivity contribution in [2.24, 2.45) is 0 Å². The summed E-state index contributed by atoms with van der Waals surface area (Å²) >= 11 is 8.66. The lowest BCUT2D eigenvalue weighted by atomic mass is 10.1. The van der Waals surface area contributed by atoms with Gasteiger partial charge in [0.05, 0.1) is 16.4 Å². The largest absolute Gasteiger partial charge is 0.324 e. The minimum Gasteiger partial charge on any atom is -0.324 e. The lowest BCUT2D eigenvalue weighted by Gasteiger charge is -2.20. The van der Waals surface area contributed by atoms with Crippen LogP contribution in [0, 0.1) is 3.57 Å².